The number of benzene rings is 4. The van der Waals surface area contributed by atoms with E-state index in [9.17, 15) is 9.59 Å². The molecule has 5 aromatic rings. The van der Waals surface area contributed by atoms with Gasteiger partial charge in [0.05, 0.1) is 23.4 Å². The van der Waals surface area contributed by atoms with Crippen LogP contribution in [0.3, 0.4) is 0 Å². The van der Waals surface area contributed by atoms with Crippen LogP contribution in [0.1, 0.15) is 47.4 Å². The summed E-state index contributed by atoms with van der Waals surface area (Å²) in [6.07, 6.45) is -0.613. The van der Waals surface area contributed by atoms with Gasteiger partial charge < -0.3 is 13.9 Å². The summed E-state index contributed by atoms with van der Waals surface area (Å²) < 4.78 is 16.4. The van der Waals surface area contributed by atoms with Crippen molar-refractivity contribution in [2.45, 2.75) is 25.9 Å². The minimum Gasteiger partial charge on any atom is -0.496 e. The average Bonchev–Trinajstić information content (AvgIpc) is 2.94. The molecular weight excluding hydrogens is 464 g/mol. The van der Waals surface area contributed by atoms with E-state index >= 15 is 0 Å². The Bertz CT molecular complexity index is 1570. The molecule has 0 amide bonds. The van der Waals surface area contributed by atoms with E-state index in [-0.39, 0.29) is 11.2 Å². The van der Waals surface area contributed by atoms with E-state index in [2.05, 4.69) is 13.8 Å². The lowest BCUT2D eigenvalue weighted by atomic mass is 9.97. The second-order valence-corrected chi connectivity index (χ2v) is 8.89. The average molecular weight is 495 g/mol. The Morgan fingerprint density at radius 1 is 0.757 bits per heavy atom. The number of ketones is 1. The molecule has 1 unspecified atom stereocenters. The quantitative estimate of drug-likeness (QED) is 0.183. The third kappa shape index (κ3) is 5.47. The standard InChI is InChI=1S/C16H16O3.C16H14O2/c1-18-14-11-7-6-10-13(14)15(17)16(19-2)12-8-4-3-5-9-12;1-10(2)11-7-5-9-14-15(11)16(17)12-6-3-4-8-13(12)18-14/h3-11,16H,1-2H3;3-10H,1-2H3. The molecule has 5 heteroatoms. The molecule has 5 nitrogen and oxygen atoms in total. The second kappa shape index (κ2) is 11.7. The van der Waals surface area contributed by atoms with E-state index in [1.807, 2.05) is 84.9 Å². The smallest absolute Gasteiger partial charge is 0.200 e. The highest BCUT2D eigenvalue weighted by molar-refractivity contribution is 6.02. The summed E-state index contributed by atoms with van der Waals surface area (Å²) in [5.41, 5.74) is 3.80. The Kier molecular flexibility index (Phi) is 8.16. The van der Waals surface area contributed by atoms with Gasteiger partial charge in [-0.1, -0.05) is 80.6 Å². The predicted octanol–water partition coefficient (Wildman–Crippen LogP) is 7.34. The van der Waals surface area contributed by atoms with E-state index in [4.69, 9.17) is 13.9 Å². The molecule has 1 heterocycles. The van der Waals surface area contributed by atoms with Crippen molar-refractivity contribution in [2.75, 3.05) is 14.2 Å². The molecule has 0 saturated heterocycles. The van der Waals surface area contributed by atoms with E-state index in [0.29, 0.717) is 39.2 Å². The maximum Gasteiger partial charge on any atom is 0.200 e. The molecule has 4 aromatic carbocycles. The van der Waals surface area contributed by atoms with Gasteiger partial charge in [0.2, 0.25) is 5.43 Å². The summed E-state index contributed by atoms with van der Waals surface area (Å²) in [5, 5.41) is 1.37. The maximum absolute atomic E-state index is 12.6. The molecule has 0 radical (unpaired) electrons. The first-order chi connectivity index (χ1) is 18.0. The predicted molar refractivity (Wildman–Crippen MR) is 148 cm³/mol. The van der Waals surface area contributed by atoms with E-state index < -0.39 is 6.10 Å². The number of carbonyl (C=O) groups is 1. The van der Waals surface area contributed by atoms with Gasteiger partial charge in [-0.05, 0) is 47.4 Å². The van der Waals surface area contributed by atoms with Crippen molar-refractivity contribution in [1.82, 2.24) is 0 Å². The van der Waals surface area contributed by atoms with Gasteiger partial charge >= 0.3 is 0 Å². The number of para-hydroxylation sites is 2. The molecule has 0 saturated carbocycles. The van der Waals surface area contributed by atoms with Crippen LogP contribution in [0.15, 0.2) is 106 Å². The first kappa shape index (κ1) is 25.9. The van der Waals surface area contributed by atoms with Crippen LogP contribution in [0, 0.1) is 0 Å². The molecule has 188 valence electrons. The zero-order chi connectivity index (χ0) is 26.4. The monoisotopic (exact) mass is 494 g/mol. The summed E-state index contributed by atoms with van der Waals surface area (Å²) in [6.45, 7) is 4.17. The molecular formula is C32H30O5. The van der Waals surface area contributed by atoms with Gasteiger partial charge in [0.25, 0.3) is 0 Å². The first-order valence-electron chi connectivity index (χ1n) is 12.2. The van der Waals surface area contributed by atoms with Crippen molar-refractivity contribution in [3.63, 3.8) is 0 Å². The highest BCUT2D eigenvalue weighted by Gasteiger charge is 2.24. The zero-order valence-electron chi connectivity index (χ0n) is 21.4. The molecule has 0 bridgehead atoms. The number of methoxy groups -OCH3 is 2. The van der Waals surface area contributed by atoms with Crippen molar-refractivity contribution in [3.8, 4) is 5.75 Å². The van der Waals surface area contributed by atoms with E-state index in [1.54, 1.807) is 19.2 Å². The van der Waals surface area contributed by atoms with Crippen LogP contribution in [0.4, 0.5) is 0 Å². The van der Waals surface area contributed by atoms with Crippen LogP contribution < -0.4 is 10.2 Å². The highest BCUT2D eigenvalue weighted by Crippen LogP contribution is 2.27. The number of Topliss-reactive ketones (excluding diaryl/α,β-unsaturated/α-hetero) is 1. The fourth-order valence-corrected chi connectivity index (χ4v) is 4.37. The summed E-state index contributed by atoms with van der Waals surface area (Å²) in [6, 6.07) is 29.8. The molecule has 0 N–H and O–H groups in total. The summed E-state index contributed by atoms with van der Waals surface area (Å²) in [5.74, 6) is 0.759. The van der Waals surface area contributed by atoms with E-state index in [1.165, 1.54) is 7.11 Å². The van der Waals surface area contributed by atoms with E-state index in [0.717, 1.165) is 11.1 Å². The third-order valence-corrected chi connectivity index (χ3v) is 6.21. The molecule has 0 spiro atoms. The Morgan fingerprint density at radius 2 is 1.41 bits per heavy atom. The van der Waals surface area contributed by atoms with Crippen LogP contribution in [0.2, 0.25) is 0 Å². The molecule has 0 aliphatic heterocycles. The van der Waals surface area contributed by atoms with Gasteiger partial charge in [-0.3, -0.25) is 9.59 Å². The molecule has 1 aromatic heterocycles. The number of hydrogen-bond acceptors (Lipinski definition) is 5. The second-order valence-electron chi connectivity index (χ2n) is 8.89. The fraction of sp³-hybridized carbons (Fsp3) is 0.188. The Morgan fingerprint density at radius 3 is 2.11 bits per heavy atom. The van der Waals surface area contributed by atoms with Gasteiger partial charge in [0.15, 0.2) is 5.78 Å². The minimum atomic E-state index is -0.613. The van der Waals surface area contributed by atoms with Gasteiger partial charge in [-0.15, -0.1) is 0 Å². The molecule has 0 fully saturated rings. The van der Waals surface area contributed by atoms with Crippen molar-refractivity contribution in [2.24, 2.45) is 0 Å². The van der Waals surface area contributed by atoms with Crippen LogP contribution >= 0.6 is 0 Å². The normalized spacial score (nSPS) is 11.7. The van der Waals surface area contributed by atoms with Crippen LogP contribution in [-0.2, 0) is 4.74 Å². The van der Waals surface area contributed by atoms with Crippen LogP contribution in [-0.4, -0.2) is 20.0 Å². The van der Waals surface area contributed by atoms with Crippen molar-refractivity contribution in [3.05, 3.63) is 124 Å². The van der Waals surface area contributed by atoms with Crippen LogP contribution in [0.5, 0.6) is 5.75 Å². The van der Waals surface area contributed by atoms with Gasteiger partial charge in [-0.2, -0.15) is 0 Å². The number of ether oxygens (including phenoxy) is 2. The number of carbonyl (C=O) groups excluding carboxylic acids is 1. The third-order valence-electron chi connectivity index (χ3n) is 6.21. The molecule has 1 atom stereocenters. The molecule has 0 aliphatic rings. The van der Waals surface area contributed by atoms with Crippen molar-refractivity contribution in [1.29, 1.82) is 0 Å². The SMILES string of the molecule is CC(C)c1cccc2oc3ccccc3c(=O)c12.COc1ccccc1C(=O)C(OC)c1ccccc1. The van der Waals surface area contributed by atoms with Crippen molar-refractivity contribution >= 4 is 27.7 Å². The molecule has 5 rings (SSSR count). The van der Waals surface area contributed by atoms with Gasteiger partial charge in [-0.25, -0.2) is 0 Å². The summed E-state index contributed by atoms with van der Waals surface area (Å²) >= 11 is 0. The van der Waals surface area contributed by atoms with Gasteiger partial charge in [0, 0.05) is 7.11 Å². The minimum absolute atomic E-state index is 0.0659. The summed E-state index contributed by atoms with van der Waals surface area (Å²) in [7, 11) is 3.08. The van der Waals surface area contributed by atoms with Crippen LogP contribution in [0.25, 0.3) is 21.9 Å². The molecule has 0 aliphatic carbocycles. The molecule has 37 heavy (non-hydrogen) atoms. The maximum atomic E-state index is 12.6. The lowest BCUT2D eigenvalue weighted by Crippen LogP contribution is -2.15. The largest absolute Gasteiger partial charge is 0.496 e. The Labute approximate surface area is 216 Å². The lowest BCUT2D eigenvalue weighted by Gasteiger charge is -2.16. The topological polar surface area (TPSA) is 65.7 Å². The number of fused-ring (bicyclic) bond motifs is 2. The lowest BCUT2D eigenvalue weighted by molar-refractivity contribution is 0.0601. The van der Waals surface area contributed by atoms with Gasteiger partial charge in [0.1, 0.15) is 23.0 Å². The highest BCUT2D eigenvalue weighted by atomic mass is 16.5. The fourth-order valence-electron chi connectivity index (χ4n) is 4.37. The number of rotatable bonds is 6. The Balaban J connectivity index is 0.000000173. The number of hydrogen-bond donors (Lipinski definition) is 0. The summed E-state index contributed by atoms with van der Waals surface area (Å²) in [4.78, 5) is 25.1. The van der Waals surface area contributed by atoms with Crippen molar-refractivity contribution < 1.29 is 18.7 Å². The Hall–Kier alpha value is -4.22. The first-order valence-corrected chi connectivity index (χ1v) is 12.2. The zero-order valence-corrected chi connectivity index (χ0v) is 21.4.